The molecule has 3 rings (SSSR count). The number of nitrogens with one attached hydrogen (secondary N) is 2. The van der Waals surface area contributed by atoms with Gasteiger partial charge in [-0.25, -0.2) is 13.4 Å². The maximum Gasteiger partial charge on any atom is 0.236 e. The molecule has 0 aliphatic carbocycles. The molecular weight excluding hydrogens is 298 g/mol. The van der Waals surface area contributed by atoms with E-state index in [9.17, 15) is 8.42 Å². The van der Waals surface area contributed by atoms with Crippen LogP contribution in [0.2, 0.25) is 0 Å². The predicted molar refractivity (Wildman–Crippen MR) is 86.7 cm³/mol. The monoisotopic (exact) mass is 313 g/mol. The molecule has 0 fully saturated rings. The van der Waals surface area contributed by atoms with Crippen LogP contribution in [-0.4, -0.2) is 18.4 Å². The Morgan fingerprint density at radius 2 is 1.73 bits per heavy atom. The largest absolute Gasteiger partial charge is 0.345 e. The van der Waals surface area contributed by atoms with Crippen LogP contribution in [0.25, 0.3) is 11.4 Å². The van der Waals surface area contributed by atoms with Crippen molar-refractivity contribution in [2.75, 3.05) is 4.72 Å². The lowest BCUT2D eigenvalue weighted by atomic mass is 10.2. The molecule has 2 N–H and O–H groups in total. The number of H-pyrrole nitrogens is 1. The van der Waals surface area contributed by atoms with Crippen LogP contribution in [0, 0.1) is 0 Å². The van der Waals surface area contributed by atoms with Crippen molar-refractivity contribution in [1.29, 1.82) is 0 Å². The minimum Gasteiger partial charge on any atom is -0.345 e. The van der Waals surface area contributed by atoms with E-state index in [0.717, 1.165) is 17.0 Å². The smallest absolute Gasteiger partial charge is 0.236 e. The summed E-state index contributed by atoms with van der Waals surface area (Å²) in [6.45, 7) is 0. The van der Waals surface area contributed by atoms with Gasteiger partial charge in [-0.3, -0.25) is 4.72 Å². The van der Waals surface area contributed by atoms with Crippen LogP contribution < -0.4 is 4.72 Å². The molecule has 0 amide bonds. The molecule has 5 nitrogen and oxygen atoms in total. The van der Waals surface area contributed by atoms with Crippen LogP contribution in [0.3, 0.4) is 0 Å². The van der Waals surface area contributed by atoms with E-state index < -0.39 is 10.0 Å². The van der Waals surface area contributed by atoms with E-state index >= 15 is 0 Å². The first-order valence-corrected chi connectivity index (χ1v) is 8.42. The number of imidazole rings is 1. The van der Waals surface area contributed by atoms with Crippen LogP contribution in [-0.2, 0) is 15.8 Å². The summed E-state index contributed by atoms with van der Waals surface area (Å²) in [4.78, 5) is 7.16. The Hall–Kier alpha value is -2.60. The summed E-state index contributed by atoms with van der Waals surface area (Å²) >= 11 is 0. The van der Waals surface area contributed by atoms with E-state index in [4.69, 9.17) is 0 Å². The van der Waals surface area contributed by atoms with Gasteiger partial charge in [-0.15, -0.1) is 0 Å². The molecule has 0 aliphatic heterocycles. The van der Waals surface area contributed by atoms with Crippen LogP contribution in [0.4, 0.5) is 5.69 Å². The normalized spacial score (nSPS) is 11.3. The summed E-state index contributed by atoms with van der Waals surface area (Å²) in [5.41, 5.74) is 2.18. The van der Waals surface area contributed by atoms with E-state index in [-0.39, 0.29) is 5.75 Å². The first-order valence-electron chi connectivity index (χ1n) is 6.77. The number of sulfonamides is 1. The maximum atomic E-state index is 12.2. The second-order valence-corrected chi connectivity index (χ2v) is 6.58. The molecule has 22 heavy (non-hydrogen) atoms. The van der Waals surface area contributed by atoms with Crippen molar-refractivity contribution in [1.82, 2.24) is 9.97 Å². The fraction of sp³-hybridized carbons (Fsp3) is 0.0625. The highest BCUT2D eigenvalue weighted by molar-refractivity contribution is 7.91. The molecule has 0 unspecified atom stereocenters. The Bertz CT molecular complexity index is 827. The van der Waals surface area contributed by atoms with E-state index in [1.54, 1.807) is 36.7 Å². The quantitative estimate of drug-likeness (QED) is 0.760. The molecule has 3 aromatic rings. The number of hydrogen-bond donors (Lipinski definition) is 2. The SMILES string of the molecule is O=S(=O)(Cc1ccccc1)Nc1ccc(-c2ncc[nH]2)cc1. The molecule has 6 heteroatoms. The molecule has 0 saturated carbocycles. The molecule has 0 atom stereocenters. The average Bonchev–Trinajstić information content (AvgIpc) is 3.02. The van der Waals surface area contributed by atoms with Gasteiger partial charge in [0.05, 0.1) is 5.75 Å². The van der Waals surface area contributed by atoms with E-state index in [1.165, 1.54) is 0 Å². The fourth-order valence-corrected chi connectivity index (χ4v) is 3.33. The van der Waals surface area contributed by atoms with Crippen LogP contribution in [0.1, 0.15) is 5.56 Å². The number of anilines is 1. The van der Waals surface area contributed by atoms with Crippen molar-refractivity contribution in [3.8, 4) is 11.4 Å². The van der Waals surface area contributed by atoms with Crippen molar-refractivity contribution in [3.63, 3.8) is 0 Å². The zero-order valence-corrected chi connectivity index (χ0v) is 12.5. The number of benzene rings is 2. The van der Waals surface area contributed by atoms with Gasteiger partial charge >= 0.3 is 0 Å². The third-order valence-corrected chi connectivity index (χ3v) is 4.39. The molecule has 0 radical (unpaired) electrons. The van der Waals surface area contributed by atoms with Crippen molar-refractivity contribution in [2.45, 2.75) is 5.75 Å². The van der Waals surface area contributed by atoms with Crippen LogP contribution >= 0.6 is 0 Å². The Labute approximate surface area is 129 Å². The van der Waals surface area contributed by atoms with Gasteiger partial charge in [0.25, 0.3) is 0 Å². The van der Waals surface area contributed by atoms with Crippen molar-refractivity contribution in [2.24, 2.45) is 0 Å². The fourth-order valence-electron chi connectivity index (χ4n) is 2.13. The van der Waals surface area contributed by atoms with Crippen molar-refractivity contribution in [3.05, 3.63) is 72.6 Å². The van der Waals surface area contributed by atoms with E-state index in [1.807, 2.05) is 30.3 Å². The lowest BCUT2D eigenvalue weighted by Crippen LogP contribution is -2.14. The van der Waals surface area contributed by atoms with Crippen LogP contribution in [0.5, 0.6) is 0 Å². The number of aromatic amines is 1. The highest BCUT2D eigenvalue weighted by Gasteiger charge is 2.11. The third kappa shape index (κ3) is 3.53. The Kier molecular flexibility index (Phi) is 3.93. The summed E-state index contributed by atoms with van der Waals surface area (Å²) in [6, 6.07) is 16.2. The Morgan fingerprint density at radius 1 is 1.00 bits per heavy atom. The lowest BCUT2D eigenvalue weighted by Gasteiger charge is -2.08. The first kappa shape index (κ1) is 14.3. The van der Waals surface area contributed by atoms with Gasteiger partial charge in [-0.05, 0) is 29.8 Å². The zero-order valence-electron chi connectivity index (χ0n) is 11.7. The van der Waals surface area contributed by atoms with Gasteiger partial charge in [0.1, 0.15) is 5.82 Å². The number of hydrogen-bond acceptors (Lipinski definition) is 3. The Morgan fingerprint density at radius 3 is 2.36 bits per heavy atom. The number of aromatic nitrogens is 2. The molecular formula is C16H15N3O2S. The molecule has 1 heterocycles. The highest BCUT2D eigenvalue weighted by atomic mass is 32.2. The van der Waals surface area contributed by atoms with Crippen LogP contribution in [0.15, 0.2) is 67.0 Å². The van der Waals surface area contributed by atoms with Gasteiger partial charge in [0.2, 0.25) is 10.0 Å². The summed E-state index contributed by atoms with van der Waals surface area (Å²) in [5.74, 6) is 0.701. The van der Waals surface area contributed by atoms with Gasteiger partial charge in [0.15, 0.2) is 0 Å². The lowest BCUT2D eigenvalue weighted by molar-refractivity contribution is 0.600. The van der Waals surface area contributed by atoms with Gasteiger partial charge in [-0.1, -0.05) is 30.3 Å². The van der Waals surface area contributed by atoms with E-state index in [2.05, 4.69) is 14.7 Å². The van der Waals surface area contributed by atoms with Gasteiger partial charge in [-0.2, -0.15) is 0 Å². The first-order chi connectivity index (χ1) is 10.6. The van der Waals surface area contributed by atoms with E-state index in [0.29, 0.717) is 5.69 Å². The molecule has 2 aromatic carbocycles. The predicted octanol–water partition coefficient (Wildman–Crippen LogP) is 3.02. The number of rotatable bonds is 5. The van der Waals surface area contributed by atoms with Gasteiger partial charge < -0.3 is 4.98 Å². The summed E-state index contributed by atoms with van der Waals surface area (Å²) in [7, 11) is -3.43. The number of nitrogens with zero attached hydrogens (tertiary/aromatic N) is 1. The average molecular weight is 313 g/mol. The Balaban J connectivity index is 1.72. The second-order valence-electron chi connectivity index (χ2n) is 4.86. The second kappa shape index (κ2) is 6.03. The third-order valence-electron chi connectivity index (χ3n) is 3.13. The van der Waals surface area contributed by atoms with Crippen molar-refractivity contribution < 1.29 is 8.42 Å². The van der Waals surface area contributed by atoms with Crippen molar-refractivity contribution >= 4 is 15.7 Å². The van der Waals surface area contributed by atoms with Gasteiger partial charge in [0, 0.05) is 23.6 Å². The molecule has 0 bridgehead atoms. The zero-order chi connectivity index (χ0) is 15.4. The molecule has 0 aliphatic rings. The standard InChI is InChI=1S/C16H15N3O2S/c20-22(21,12-13-4-2-1-3-5-13)19-15-8-6-14(7-9-15)16-17-10-11-18-16/h1-11,19H,12H2,(H,17,18). The molecule has 1 aromatic heterocycles. The molecule has 112 valence electrons. The summed E-state index contributed by atoms with van der Waals surface area (Å²) in [5, 5.41) is 0. The topological polar surface area (TPSA) is 74.8 Å². The highest BCUT2D eigenvalue weighted by Crippen LogP contribution is 2.19. The summed E-state index contributed by atoms with van der Waals surface area (Å²) in [6.07, 6.45) is 3.41. The maximum absolute atomic E-state index is 12.2. The molecule has 0 spiro atoms. The molecule has 0 saturated heterocycles. The minimum atomic E-state index is -3.43. The summed E-state index contributed by atoms with van der Waals surface area (Å²) < 4.78 is 26.9. The minimum absolute atomic E-state index is 0.0478.